The topological polar surface area (TPSA) is 83.0 Å². The van der Waals surface area contributed by atoms with Crippen LogP contribution in [0.3, 0.4) is 0 Å². The second kappa shape index (κ2) is 11.0. The van der Waals surface area contributed by atoms with Crippen LogP contribution in [-0.2, 0) is 0 Å². The van der Waals surface area contributed by atoms with Crippen molar-refractivity contribution in [2.75, 3.05) is 57.2 Å². The minimum absolute atomic E-state index is 0.252. The Labute approximate surface area is 215 Å². The van der Waals surface area contributed by atoms with E-state index in [2.05, 4.69) is 15.1 Å². The number of piperidine rings is 2. The van der Waals surface area contributed by atoms with Crippen LogP contribution >= 0.6 is 0 Å². The van der Waals surface area contributed by atoms with E-state index in [-0.39, 0.29) is 6.61 Å². The van der Waals surface area contributed by atoms with Gasteiger partial charge in [0, 0.05) is 55.5 Å². The highest BCUT2D eigenvalue weighted by atomic mass is 19.2. The zero-order valence-electron chi connectivity index (χ0n) is 21.2. The van der Waals surface area contributed by atoms with Gasteiger partial charge < -0.3 is 24.8 Å². The number of hydrogen-bond donors (Lipinski definition) is 2. The summed E-state index contributed by atoms with van der Waals surface area (Å²) in [6, 6.07) is 7.71. The van der Waals surface area contributed by atoms with E-state index in [0.29, 0.717) is 51.8 Å². The number of aliphatic hydroxyl groups is 1. The number of aliphatic hydroxyl groups excluding tert-OH is 1. The zero-order valence-corrected chi connectivity index (χ0v) is 21.2. The highest BCUT2D eigenvalue weighted by Gasteiger charge is 2.30. The molecule has 0 spiro atoms. The molecule has 10 heteroatoms. The lowest BCUT2D eigenvalue weighted by molar-refractivity contribution is 0.0776. The van der Waals surface area contributed by atoms with Crippen LogP contribution in [0.2, 0.25) is 0 Å². The van der Waals surface area contributed by atoms with Crippen LogP contribution in [0.25, 0.3) is 10.9 Å². The number of anilines is 3. The summed E-state index contributed by atoms with van der Waals surface area (Å²) in [5, 5.41) is 13.4. The molecular formula is C27H33F2N5O3. The van der Waals surface area contributed by atoms with Crippen LogP contribution in [0.5, 0.6) is 11.5 Å². The number of rotatable bonds is 7. The Kier molecular flexibility index (Phi) is 7.57. The Bertz CT molecular complexity index is 1250. The first-order valence-electron chi connectivity index (χ1n) is 12.7. The molecule has 0 amide bonds. The number of methoxy groups -OCH3 is 2. The van der Waals surface area contributed by atoms with Gasteiger partial charge in [-0.15, -0.1) is 0 Å². The van der Waals surface area contributed by atoms with Crippen molar-refractivity contribution in [1.29, 1.82) is 0 Å². The smallest absolute Gasteiger partial charge is 0.227 e. The van der Waals surface area contributed by atoms with E-state index < -0.39 is 11.6 Å². The fourth-order valence-corrected chi connectivity index (χ4v) is 5.40. The number of likely N-dealkylation sites (tertiary alicyclic amines) is 1. The fourth-order valence-electron chi connectivity index (χ4n) is 5.40. The van der Waals surface area contributed by atoms with Crippen molar-refractivity contribution in [2.45, 2.75) is 31.7 Å². The first kappa shape index (κ1) is 25.4. The second-order valence-corrected chi connectivity index (χ2v) is 9.75. The van der Waals surface area contributed by atoms with E-state index in [1.807, 2.05) is 0 Å². The highest BCUT2D eigenvalue weighted by molar-refractivity contribution is 5.94. The van der Waals surface area contributed by atoms with Crippen molar-refractivity contribution in [3.8, 4) is 11.5 Å². The maximum atomic E-state index is 13.9. The Balaban J connectivity index is 1.43. The normalized spacial score (nSPS) is 19.3. The molecule has 2 aromatic carbocycles. The zero-order chi connectivity index (χ0) is 25.9. The molecule has 8 nitrogen and oxygen atoms in total. The van der Waals surface area contributed by atoms with Crippen molar-refractivity contribution in [3.63, 3.8) is 0 Å². The number of aromatic nitrogens is 2. The van der Waals surface area contributed by atoms with Crippen molar-refractivity contribution < 1.29 is 23.4 Å². The van der Waals surface area contributed by atoms with Gasteiger partial charge in [-0.25, -0.2) is 13.8 Å². The highest BCUT2D eigenvalue weighted by Crippen LogP contribution is 2.36. The molecule has 5 rings (SSSR count). The number of halogens is 2. The Hall–Kier alpha value is -3.24. The van der Waals surface area contributed by atoms with Gasteiger partial charge in [0.15, 0.2) is 23.1 Å². The lowest BCUT2D eigenvalue weighted by atomic mass is 9.94. The maximum absolute atomic E-state index is 13.9. The molecule has 1 atom stereocenters. The Morgan fingerprint density at radius 3 is 2.43 bits per heavy atom. The molecule has 3 aromatic rings. The van der Waals surface area contributed by atoms with E-state index in [4.69, 9.17) is 19.4 Å². The van der Waals surface area contributed by atoms with E-state index >= 15 is 0 Å². The van der Waals surface area contributed by atoms with Gasteiger partial charge >= 0.3 is 0 Å². The summed E-state index contributed by atoms with van der Waals surface area (Å²) in [4.78, 5) is 14.3. The SMILES string of the molecule is COc1cc2nc(N3CCC(N4CCCC(CO)C4)CC3)nc(Nc3ccc(F)c(F)c3)c2cc1OC. The fraction of sp³-hybridized carbons (Fsp3) is 0.481. The van der Waals surface area contributed by atoms with Crippen LogP contribution in [0.15, 0.2) is 30.3 Å². The molecule has 0 bridgehead atoms. The molecule has 0 radical (unpaired) electrons. The largest absolute Gasteiger partial charge is 0.493 e. The molecule has 0 aliphatic carbocycles. The second-order valence-electron chi connectivity index (χ2n) is 9.75. The van der Waals surface area contributed by atoms with Crippen molar-refractivity contribution in [1.82, 2.24) is 14.9 Å². The standard InChI is InChI=1S/C27H33F2N5O3/c1-36-24-13-20-23(14-25(24)37-2)31-27(32-26(20)30-18-5-6-21(28)22(29)12-18)33-10-7-19(8-11-33)34-9-3-4-17(15-34)16-35/h5-6,12-14,17,19,35H,3-4,7-11,15-16H2,1-2H3,(H,30,31,32). The molecule has 2 N–H and O–H groups in total. The van der Waals surface area contributed by atoms with Crippen molar-refractivity contribution in [3.05, 3.63) is 42.0 Å². The molecule has 1 unspecified atom stereocenters. The van der Waals surface area contributed by atoms with Gasteiger partial charge in [0.2, 0.25) is 5.95 Å². The first-order chi connectivity index (χ1) is 18.0. The summed E-state index contributed by atoms with van der Waals surface area (Å²) in [5.74, 6) is 0.612. The summed E-state index contributed by atoms with van der Waals surface area (Å²) in [6.45, 7) is 3.89. The predicted octanol–water partition coefficient (Wildman–Crippen LogP) is 4.34. The molecule has 2 saturated heterocycles. The van der Waals surface area contributed by atoms with Crippen LogP contribution in [-0.4, -0.2) is 73.0 Å². The molecule has 37 heavy (non-hydrogen) atoms. The quantitative estimate of drug-likeness (QED) is 0.483. The lowest BCUT2D eigenvalue weighted by Crippen LogP contribution is -2.49. The molecule has 0 saturated carbocycles. The number of nitrogens with one attached hydrogen (secondary N) is 1. The van der Waals surface area contributed by atoms with E-state index in [1.165, 1.54) is 6.07 Å². The average molecular weight is 514 g/mol. The molecular weight excluding hydrogens is 480 g/mol. The molecule has 198 valence electrons. The van der Waals surface area contributed by atoms with Gasteiger partial charge in [-0.1, -0.05) is 0 Å². The van der Waals surface area contributed by atoms with Crippen molar-refractivity contribution >= 4 is 28.4 Å². The van der Waals surface area contributed by atoms with Crippen LogP contribution in [0.4, 0.5) is 26.2 Å². The van der Waals surface area contributed by atoms with Crippen LogP contribution < -0.4 is 19.7 Å². The Morgan fingerprint density at radius 2 is 1.73 bits per heavy atom. The summed E-state index contributed by atoms with van der Waals surface area (Å²) in [5.41, 5.74) is 1.03. The summed E-state index contributed by atoms with van der Waals surface area (Å²) < 4.78 is 38.4. The van der Waals surface area contributed by atoms with Gasteiger partial charge in [-0.2, -0.15) is 4.98 Å². The van der Waals surface area contributed by atoms with Gasteiger partial charge in [0.05, 0.1) is 19.7 Å². The number of nitrogens with zero attached hydrogens (tertiary/aromatic N) is 4. The number of ether oxygens (including phenoxy) is 2. The summed E-state index contributed by atoms with van der Waals surface area (Å²) >= 11 is 0. The van der Waals surface area contributed by atoms with Gasteiger partial charge in [0.25, 0.3) is 0 Å². The third-order valence-corrected chi connectivity index (χ3v) is 7.44. The molecule has 2 aliphatic heterocycles. The third kappa shape index (κ3) is 5.40. The third-order valence-electron chi connectivity index (χ3n) is 7.44. The van der Waals surface area contributed by atoms with E-state index in [1.54, 1.807) is 26.4 Å². The summed E-state index contributed by atoms with van der Waals surface area (Å²) in [7, 11) is 3.12. The lowest BCUT2D eigenvalue weighted by Gasteiger charge is -2.42. The van der Waals surface area contributed by atoms with Gasteiger partial charge in [0.1, 0.15) is 5.82 Å². The average Bonchev–Trinajstić information content (AvgIpc) is 2.94. The van der Waals surface area contributed by atoms with Crippen molar-refractivity contribution in [2.24, 2.45) is 5.92 Å². The summed E-state index contributed by atoms with van der Waals surface area (Å²) in [6.07, 6.45) is 4.19. The van der Waals surface area contributed by atoms with E-state index in [9.17, 15) is 13.9 Å². The molecule has 2 fully saturated rings. The first-order valence-corrected chi connectivity index (χ1v) is 12.7. The number of hydrogen-bond acceptors (Lipinski definition) is 8. The molecule has 1 aromatic heterocycles. The van der Waals surface area contributed by atoms with Crippen LogP contribution in [0.1, 0.15) is 25.7 Å². The molecule has 2 aliphatic rings. The minimum Gasteiger partial charge on any atom is -0.493 e. The van der Waals surface area contributed by atoms with E-state index in [0.717, 1.165) is 64.0 Å². The number of fused-ring (bicyclic) bond motifs is 1. The van der Waals surface area contributed by atoms with Gasteiger partial charge in [-0.3, -0.25) is 4.90 Å². The predicted molar refractivity (Wildman–Crippen MR) is 139 cm³/mol. The van der Waals surface area contributed by atoms with Crippen LogP contribution in [0, 0.1) is 17.6 Å². The monoisotopic (exact) mass is 513 g/mol. The maximum Gasteiger partial charge on any atom is 0.227 e. The van der Waals surface area contributed by atoms with Gasteiger partial charge in [-0.05, 0) is 56.3 Å². The Morgan fingerprint density at radius 1 is 0.973 bits per heavy atom. The molecule has 3 heterocycles. The number of benzene rings is 2. The minimum atomic E-state index is -0.939.